The maximum absolute atomic E-state index is 14.2. The number of carbonyl (C=O) groups excluding carboxylic acids is 3. The predicted molar refractivity (Wildman–Crippen MR) is 148 cm³/mol. The molecule has 2 N–H and O–H groups in total. The number of ether oxygens (including phenoxy) is 2. The van der Waals surface area contributed by atoms with Crippen molar-refractivity contribution in [1.82, 2.24) is 15.2 Å². The van der Waals surface area contributed by atoms with Crippen LogP contribution in [0.4, 0.5) is 5.69 Å². The van der Waals surface area contributed by atoms with Crippen LogP contribution < -0.4 is 15.4 Å². The van der Waals surface area contributed by atoms with E-state index in [0.29, 0.717) is 23.3 Å². The quantitative estimate of drug-likeness (QED) is 0.518. The molecule has 2 aromatic rings. The van der Waals surface area contributed by atoms with Crippen molar-refractivity contribution in [1.29, 1.82) is 0 Å². The number of aromatic nitrogens is 1. The topological polar surface area (TPSA) is 110 Å². The van der Waals surface area contributed by atoms with E-state index in [1.807, 2.05) is 24.3 Å². The normalized spacial score (nSPS) is 34.0. The number of hydrogen-bond acceptors (Lipinski definition) is 6. The summed E-state index contributed by atoms with van der Waals surface area (Å²) in [6, 6.07) is 9.86. The molecule has 8 atom stereocenters. The number of benzene rings is 1. The Morgan fingerprint density at radius 1 is 1.15 bits per heavy atom. The number of methoxy groups -OCH3 is 1. The average molecular weight is 545 g/mol. The van der Waals surface area contributed by atoms with Gasteiger partial charge in [0.15, 0.2) is 0 Å². The maximum atomic E-state index is 14.2. The molecular formula is C31H36N4O5. The van der Waals surface area contributed by atoms with Gasteiger partial charge in [0.1, 0.15) is 17.4 Å². The van der Waals surface area contributed by atoms with Crippen molar-refractivity contribution in [3.05, 3.63) is 66.5 Å². The Balaban J connectivity index is 1.31. The highest BCUT2D eigenvalue weighted by Gasteiger charge is 2.72. The van der Waals surface area contributed by atoms with Gasteiger partial charge in [0.05, 0.1) is 25.0 Å². The van der Waals surface area contributed by atoms with Gasteiger partial charge < -0.3 is 25.0 Å². The number of hydrogen-bond donors (Lipinski definition) is 2. The molecule has 1 saturated carbocycles. The third kappa shape index (κ3) is 4.36. The molecule has 1 aliphatic carbocycles. The molecule has 210 valence electrons. The van der Waals surface area contributed by atoms with Gasteiger partial charge in [0.25, 0.3) is 0 Å². The molecule has 1 aromatic carbocycles. The van der Waals surface area contributed by atoms with E-state index in [0.717, 1.165) is 24.8 Å². The Hall–Kier alpha value is -3.72. The van der Waals surface area contributed by atoms with Crippen molar-refractivity contribution < 1.29 is 23.9 Å². The van der Waals surface area contributed by atoms with Crippen LogP contribution >= 0.6 is 0 Å². The monoisotopic (exact) mass is 544 g/mol. The second-order valence-corrected chi connectivity index (χ2v) is 11.6. The van der Waals surface area contributed by atoms with Crippen LogP contribution in [0, 0.1) is 23.7 Å². The van der Waals surface area contributed by atoms with E-state index in [4.69, 9.17) is 9.47 Å². The van der Waals surface area contributed by atoms with Crippen LogP contribution in [0.1, 0.15) is 38.7 Å². The second-order valence-electron chi connectivity index (χ2n) is 11.6. The Morgan fingerprint density at radius 2 is 1.95 bits per heavy atom. The first-order valence-electron chi connectivity index (χ1n) is 14.1. The van der Waals surface area contributed by atoms with E-state index in [-0.39, 0.29) is 30.3 Å². The Morgan fingerprint density at radius 3 is 2.67 bits per heavy atom. The van der Waals surface area contributed by atoms with Crippen molar-refractivity contribution in [3.8, 4) is 5.75 Å². The minimum absolute atomic E-state index is 0.0267. The number of nitrogens with one attached hydrogen (secondary N) is 2. The van der Waals surface area contributed by atoms with Crippen molar-refractivity contribution in [3.63, 3.8) is 0 Å². The van der Waals surface area contributed by atoms with Crippen molar-refractivity contribution in [2.45, 2.75) is 63.4 Å². The fourth-order valence-corrected chi connectivity index (χ4v) is 7.07. The number of amides is 3. The standard InChI is InChI=1S/C31H36N4O5/c1-18-6-4-8-23(19(18)2)34-29(37)27-31-14-13-24(40-31)25(28(36)33-21-9-11-22(39-3)12-10-21)26(31)30(38)35(27)17-20-7-5-15-32-16-20/h5,7,9-16,18-19,23-27H,4,6,8,17H2,1-3H3,(H,33,36)(H,34,37)/t18-,19+,23+,24-,25+,26-,27-,31-/m0/s1. The summed E-state index contributed by atoms with van der Waals surface area (Å²) in [4.78, 5) is 47.7. The van der Waals surface area contributed by atoms with Gasteiger partial charge in [-0.3, -0.25) is 19.4 Å². The number of nitrogens with zero attached hydrogens (tertiary/aromatic N) is 2. The van der Waals surface area contributed by atoms with Crippen LogP contribution in [-0.4, -0.2) is 58.5 Å². The van der Waals surface area contributed by atoms with E-state index >= 15 is 0 Å². The summed E-state index contributed by atoms with van der Waals surface area (Å²) >= 11 is 0. The molecule has 3 aliphatic heterocycles. The summed E-state index contributed by atoms with van der Waals surface area (Å²) in [5, 5.41) is 6.23. The highest BCUT2D eigenvalue weighted by Crippen LogP contribution is 2.55. The van der Waals surface area contributed by atoms with Gasteiger partial charge in [-0.2, -0.15) is 0 Å². The number of pyridine rings is 1. The van der Waals surface area contributed by atoms with Crippen LogP contribution in [0.15, 0.2) is 60.9 Å². The first-order valence-corrected chi connectivity index (χ1v) is 14.1. The van der Waals surface area contributed by atoms with Gasteiger partial charge in [0, 0.05) is 30.7 Å². The molecule has 0 radical (unpaired) electrons. The third-order valence-electron chi connectivity index (χ3n) is 9.39. The number of rotatable bonds is 7. The fraction of sp³-hybridized carbons (Fsp3) is 0.484. The van der Waals surface area contributed by atoms with E-state index < -0.39 is 29.6 Å². The molecule has 3 fully saturated rings. The lowest BCUT2D eigenvalue weighted by atomic mass is 9.73. The molecule has 2 saturated heterocycles. The molecule has 0 unspecified atom stereocenters. The van der Waals surface area contributed by atoms with Gasteiger partial charge >= 0.3 is 0 Å². The van der Waals surface area contributed by atoms with Gasteiger partial charge in [0.2, 0.25) is 17.7 Å². The molecule has 4 heterocycles. The molecule has 3 amide bonds. The molecule has 1 aromatic heterocycles. The fourth-order valence-electron chi connectivity index (χ4n) is 7.07. The second kappa shape index (κ2) is 10.4. The first kappa shape index (κ1) is 26.5. The zero-order chi connectivity index (χ0) is 28.0. The Labute approximate surface area is 234 Å². The first-order chi connectivity index (χ1) is 19.3. The summed E-state index contributed by atoms with van der Waals surface area (Å²) < 4.78 is 11.7. The maximum Gasteiger partial charge on any atom is 0.246 e. The third-order valence-corrected chi connectivity index (χ3v) is 9.39. The van der Waals surface area contributed by atoms with Crippen LogP contribution in [0.5, 0.6) is 5.75 Å². The lowest BCUT2D eigenvalue weighted by Gasteiger charge is -2.38. The molecule has 1 spiro atoms. The summed E-state index contributed by atoms with van der Waals surface area (Å²) in [6.45, 7) is 4.61. The van der Waals surface area contributed by atoms with Gasteiger partial charge in [-0.15, -0.1) is 0 Å². The highest BCUT2D eigenvalue weighted by molar-refractivity contribution is 6.02. The van der Waals surface area contributed by atoms with Crippen LogP contribution in [0.25, 0.3) is 0 Å². The van der Waals surface area contributed by atoms with Crippen molar-refractivity contribution in [2.75, 3.05) is 12.4 Å². The lowest BCUT2D eigenvalue weighted by Crippen LogP contribution is -2.57. The van der Waals surface area contributed by atoms with E-state index in [9.17, 15) is 14.4 Å². The SMILES string of the molecule is COc1ccc(NC(=O)[C@@H]2[C@@H]3C=C[C@]4(O3)[C@@H]2C(=O)N(Cc2cccnc2)[C@H]4C(=O)N[C@@H]2CCC[C@H](C)[C@H]2C)cc1. The van der Waals surface area contributed by atoms with Crippen molar-refractivity contribution >= 4 is 23.4 Å². The van der Waals surface area contributed by atoms with E-state index in [1.165, 1.54) is 0 Å². The Kier molecular flexibility index (Phi) is 6.86. The van der Waals surface area contributed by atoms with E-state index in [1.54, 1.807) is 48.7 Å². The lowest BCUT2D eigenvalue weighted by molar-refractivity contribution is -0.142. The largest absolute Gasteiger partial charge is 0.497 e. The highest BCUT2D eigenvalue weighted by atomic mass is 16.5. The smallest absolute Gasteiger partial charge is 0.246 e. The predicted octanol–water partition coefficient (Wildman–Crippen LogP) is 3.32. The van der Waals surface area contributed by atoms with Gasteiger partial charge in [-0.25, -0.2) is 0 Å². The Bertz CT molecular complexity index is 1310. The summed E-state index contributed by atoms with van der Waals surface area (Å²) in [6.07, 6.45) is 9.57. The van der Waals surface area contributed by atoms with E-state index in [2.05, 4.69) is 29.5 Å². The molecule has 4 aliphatic rings. The average Bonchev–Trinajstić information content (AvgIpc) is 3.60. The molecule has 40 heavy (non-hydrogen) atoms. The zero-order valence-corrected chi connectivity index (χ0v) is 23.1. The minimum atomic E-state index is -1.21. The molecule has 9 nitrogen and oxygen atoms in total. The van der Waals surface area contributed by atoms with Gasteiger partial charge in [-0.05, 0) is 54.2 Å². The number of anilines is 1. The number of fused-ring (bicyclic) bond motifs is 1. The van der Waals surface area contributed by atoms with Crippen LogP contribution in [-0.2, 0) is 25.7 Å². The van der Waals surface area contributed by atoms with Crippen molar-refractivity contribution in [2.24, 2.45) is 23.7 Å². The minimum Gasteiger partial charge on any atom is -0.497 e. The molecule has 6 rings (SSSR count). The molecule has 9 heteroatoms. The van der Waals surface area contributed by atoms with Gasteiger partial charge in [-0.1, -0.05) is 44.9 Å². The number of likely N-dealkylation sites (tertiary alicyclic amines) is 1. The zero-order valence-electron chi connectivity index (χ0n) is 23.1. The van der Waals surface area contributed by atoms with Crippen LogP contribution in [0.2, 0.25) is 0 Å². The summed E-state index contributed by atoms with van der Waals surface area (Å²) in [5.74, 6) is -0.853. The summed E-state index contributed by atoms with van der Waals surface area (Å²) in [7, 11) is 1.58. The molecular weight excluding hydrogens is 508 g/mol. The van der Waals surface area contributed by atoms with Crippen LogP contribution in [0.3, 0.4) is 0 Å². The molecule has 2 bridgehead atoms. The number of carbonyl (C=O) groups is 3. The summed E-state index contributed by atoms with van der Waals surface area (Å²) in [5.41, 5.74) is 0.195.